The van der Waals surface area contributed by atoms with E-state index in [4.69, 9.17) is 7.80 Å². The molecule has 2 aromatic rings. The Labute approximate surface area is 182 Å². The summed E-state index contributed by atoms with van der Waals surface area (Å²) in [4.78, 5) is 11.6. The van der Waals surface area contributed by atoms with Crippen LogP contribution in [0.1, 0.15) is 46.0 Å². The third-order valence-electron chi connectivity index (χ3n) is 6.10. The average Bonchev–Trinajstić information content (AvgIpc) is 2.78. The van der Waals surface area contributed by atoms with Gasteiger partial charge in [-0.3, -0.25) is 0 Å². The Kier molecular flexibility index (Phi) is 7.51. The zero-order chi connectivity index (χ0) is 20.0. The van der Waals surface area contributed by atoms with E-state index in [9.17, 15) is 0 Å². The molecule has 1 atom stereocenters. The van der Waals surface area contributed by atoms with E-state index in [1.807, 2.05) is 66.8 Å². The molecule has 0 spiro atoms. The van der Waals surface area contributed by atoms with Gasteiger partial charge >= 0.3 is 0 Å². The molecule has 152 valence electrons. The van der Waals surface area contributed by atoms with Crippen molar-refractivity contribution in [3.05, 3.63) is 36.7 Å². The topological polar surface area (TPSA) is 47.5 Å². The van der Waals surface area contributed by atoms with Crippen molar-refractivity contribution < 1.29 is 7.80 Å². The molecule has 2 heterocycles. The fraction of sp³-hybridized carbons (Fsp3) is 0.545. The summed E-state index contributed by atoms with van der Waals surface area (Å²) in [6.45, 7) is 6.53. The van der Waals surface area contributed by atoms with Crippen LogP contribution in [0, 0.1) is 5.92 Å². The van der Waals surface area contributed by atoms with E-state index in [-0.39, 0.29) is 5.60 Å². The molecule has 28 heavy (non-hydrogen) atoms. The first kappa shape index (κ1) is 21.3. The zero-order valence-corrected chi connectivity index (χ0v) is 19.2. The molecule has 0 amide bonds. The van der Waals surface area contributed by atoms with Gasteiger partial charge in [0.25, 0.3) is 0 Å². The third kappa shape index (κ3) is 4.59. The van der Waals surface area contributed by atoms with E-state index in [0.29, 0.717) is 5.92 Å². The van der Waals surface area contributed by atoms with Gasteiger partial charge in [0, 0.05) is 25.8 Å². The van der Waals surface area contributed by atoms with Gasteiger partial charge in [0.15, 0.2) is 28.8 Å². The van der Waals surface area contributed by atoms with Gasteiger partial charge in [0.2, 0.25) is 0 Å². The molecule has 1 aliphatic rings. The summed E-state index contributed by atoms with van der Waals surface area (Å²) in [5.41, 5.74) is 2.10. The summed E-state index contributed by atoms with van der Waals surface area (Å²) in [5.74, 6) is 2.20. The number of piperidine rings is 1. The maximum Gasteiger partial charge on any atom is 0.192 e. The van der Waals surface area contributed by atoms with E-state index < -0.39 is 0 Å². The van der Waals surface area contributed by atoms with Crippen molar-refractivity contribution in [2.45, 2.75) is 51.6 Å². The second-order valence-electron chi connectivity index (χ2n) is 7.52. The Balaban J connectivity index is 1.67. The molecule has 6 heteroatoms. The Morgan fingerprint density at radius 3 is 2.25 bits per heavy atom. The van der Waals surface area contributed by atoms with Crippen LogP contribution in [0.2, 0.25) is 0 Å². The van der Waals surface area contributed by atoms with Gasteiger partial charge in [-0.15, -0.1) is 0 Å². The first-order valence-electron chi connectivity index (χ1n) is 10.2. The first-order valence-corrected chi connectivity index (χ1v) is 11.0. The van der Waals surface area contributed by atoms with Crippen LogP contribution in [0.3, 0.4) is 0 Å². The Morgan fingerprint density at radius 1 is 1.11 bits per heavy atom. The van der Waals surface area contributed by atoms with Crippen LogP contribution in [0.5, 0.6) is 5.75 Å². The molecule has 1 aromatic carbocycles. The van der Waals surface area contributed by atoms with Crippen LogP contribution in [0.15, 0.2) is 36.7 Å². The minimum absolute atomic E-state index is 0.0184. The van der Waals surface area contributed by atoms with Crippen LogP contribution in [-0.2, 0) is 4.74 Å². The molecule has 1 aliphatic heterocycles. The van der Waals surface area contributed by atoms with Crippen LogP contribution in [0.4, 0.5) is 5.69 Å². The van der Waals surface area contributed by atoms with E-state index >= 15 is 0 Å². The normalized spacial score (nSPS) is 17.4. The Bertz CT molecular complexity index is 728. The van der Waals surface area contributed by atoms with Crippen molar-refractivity contribution in [2.75, 3.05) is 25.1 Å². The lowest BCUT2D eigenvalue weighted by atomic mass is 9.75. The van der Waals surface area contributed by atoms with Crippen molar-refractivity contribution >= 4 is 28.7 Å². The number of hydrogen-bond donors (Lipinski definition) is 0. The largest absolute Gasteiger partial charge is 0.428 e. The lowest BCUT2D eigenvalue weighted by Crippen LogP contribution is -2.50. The molecule has 0 N–H and O–H groups in total. The minimum atomic E-state index is 0.0184. The van der Waals surface area contributed by atoms with Crippen molar-refractivity contribution in [2.24, 2.45) is 5.92 Å². The van der Waals surface area contributed by atoms with Gasteiger partial charge in [-0.2, -0.15) is 0 Å². The van der Waals surface area contributed by atoms with Crippen LogP contribution < -0.4 is 7.97 Å². The van der Waals surface area contributed by atoms with Gasteiger partial charge in [-0.25, -0.2) is 9.97 Å². The van der Waals surface area contributed by atoms with Crippen LogP contribution in [-0.4, -0.2) is 35.8 Å². The number of ether oxygens (including phenoxy) is 1. The van der Waals surface area contributed by atoms with E-state index in [0.717, 1.165) is 48.8 Å². The standard InChI is InChI=1S/C22H30IN3O2/c1-4-6-18(5-2)22(27-3)11-13-26(14-12-22)19-15-24-21(25-16-19)17-7-9-20(28-23)10-8-17/h7-10,15-16,18H,4-6,11-14H2,1-3H3. The summed E-state index contributed by atoms with van der Waals surface area (Å²) in [5, 5.41) is 0. The van der Waals surface area contributed by atoms with Crippen molar-refractivity contribution in [1.29, 1.82) is 0 Å². The predicted octanol–water partition coefficient (Wildman–Crippen LogP) is 5.68. The lowest BCUT2D eigenvalue weighted by Gasteiger charge is -2.46. The second kappa shape index (κ2) is 9.87. The Morgan fingerprint density at radius 2 is 1.75 bits per heavy atom. The van der Waals surface area contributed by atoms with Gasteiger partial charge in [-0.05, 0) is 49.4 Å². The predicted molar refractivity (Wildman–Crippen MR) is 122 cm³/mol. The highest BCUT2D eigenvalue weighted by Gasteiger charge is 2.40. The number of nitrogens with zero attached hydrogens (tertiary/aromatic N) is 3. The summed E-state index contributed by atoms with van der Waals surface area (Å²) in [6, 6.07) is 7.81. The second-order valence-corrected chi connectivity index (χ2v) is 7.96. The molecular weight excluding hydrogens is 465 g/mol. The Hall–Kier alpha value is -1.41. The van der Waals surface area contributed by atoms with Gasteiger partial charge < -0.3 is 12.7 Å². The molecule has 0 saturated carbocycles. The van der Waals surface area contributed by atoms with Gasteiger partial charge in [0.05, 0.1) is 23.7 Å². The van der Waals surface area contributed by atoms with Crippen LogP contribution in [0.25, 0.3) is 11.4 Å². The van der Waals surface area contributed by atoms with E-state index in [2.05, 4.69) is 28.7 Å². The highest BCUT2D eigenvalue weighted by atomic mass is 127. The summed E-state index contributed by atoms with van der Waals surface area (Å²) in [6.07, 6.45) is 9.63. The summed E-state index contributed by atoms with van der Waals surface area (Å²) < 4.78 is 11.3. The van der Waals surface area contributed by atoms with Gasteiger partial charge in [-0.1, -0.05) is 26.7 Å². The number of hydrogen-bond acceptors (Lipinski definition) is 5. The van der Waals surface area contributed by atoms with Crippen molar-refractivity contribution in [1.82, 2.24) is 9.97 Å². The number of methoxy groups -OCH3 is 1. The van der Waals surface area contributed by atoms with Crippen molar-refractivity contribution in [3.63, 3.8) is 0 Å². The zero-order valence-electron chi connectivity index (χ0n) is 17.0. The quantitative estimate of drug-likeness (QED) is 0.441. The number of benzene rings is 1. The molecule has 1 saturated heterocycles. The van der Waals surface area contributed by atoms with E-state index in [1.165, 1.54) is 19.3 Å². The molecular formula is C22H30IN3O2. The molecule has 1 fully saturated rings. The molecule has 0 bridgehead atoms. The number of halogens is 1. The highest BCUT2D eigenvalue weighted by molar-refractivity contribution is 14.1. The lowest BCUT2D eigenvalue weighted by molar-refractivity contribution is -0.0794. The van der Waals surface area contributed by atoms with Crippen molar-refractivity contribution in [3.8, 4) is 17.1 Å². The van der Waals surface area contributed by atoms with Crippen LogP contribution >= 0.6 is 23.0 Å². The average molecular weight is 495 g/mol. The first-order chi connectivity index (χ1) is 13.7. The number of anilines is 1. The molecule has 1 unspecified atom stereocenters. The maximum atomic E-state index is 6.10. The molecule has 5 nitrogen and oxygen atoms in total. The number of aromatic nitrogens is 2. The highest BCUT2D eigenvalue weighted by Crippen LogP contribution is 2.38. The van der Waals surface area contributed by atoms with Gasteiger partial charge in [0.1, 0.15) is 5.75 Å². The maximum absolute atomic E-state index is 6.10. The summed E-state index contributed by atoms with van der Waals surface area (Å²) in [7, 11) is 1.89. The minimum Gasteiger partial charge on any atom is -0.428 e. The summed E-state index contributed by atoms with van der Waals surface area (Å²) >= 11 is 1.88. The molecule has 3 rings (SSSR count). The fourth-order valence-corrected chi connectivity index (χ4v) is 4.69. The fourth-order valence-electron chi connectivity index (χ4n) is 4.40. The van der Waals surface area contributed by atoms with E-state index in [1.54, 1.807) is 0 Å². The molecule has 0 radical (unpaired) electrons. The number of rotatable bonds is 8. The third-order valence-corrected chi connectivity index (χ3v) is 6.60. The SMILES string of the molecule is CCCC(CC)C1(OC)CCN(c2cnc(-c3ccc(OI)cc3)nc2)CC1. The molecule has 1 aromatic heterocycles. The smallest absolute Gasteiger partial charge is 0.192 e. The molecule has 0 aliphatic carbocycles. The monoisotopic (exact) mass is 495 g/mol.